The molecule has 1 aromatic carbocycles. The molecule has 1 atom stereocenters. The summed E-state index contributed by atoms with van der Waals surface area (Å²) in [5, 5.41) is 9.51. The molecule has 1 saturated heterocycles. The Morgan fingerprint density at radius 1 is 1.35 bits per heavy atom. The fourth-order valence-corrected chi connectivity index (χ4v) is 3.03. The molecule has 3 nitrogen and oxygen atoms in total. The van der Waals surface area contributed by atoms with Crippen LogP contribution in [0.3, 0.4) is 0 Å². The van der Waals surface area contributed by atoms with Gasteiger partial charge in [0.05, 0.1) is 0 Å². The number of hydrogen-bond donors (Lipinski definition) is 1. The molecule has 0 amide bonds. The SMILES string of the molecule is CC(c1ccc(Cl)cc1)N1CCC(CCC(=O)O)CC1. The highest BCUT2D eigenvalue weighted by Gasteiger charge is 2.23. The summed E-state index contributed by atoms with van der Waals surface area (Å²) in [5.41, 5.74) is 1.29. The summed E-state index contributed by atoms with van der Waals surface area (Å²) in [4.78, 5) is 13.1. The van der Waals surface area contributed by atoms with E-state index in [1.807, 2.05) is 12.1 Å². The van der Waals surface area contributed by atoms with E-state index in [2.05, 4.69) is 24.0 Å². The molecule has 0 radical (unpaired) electrons. The predicted octanol–water partition coefficient (Wildman–Crippen LogP) is 3.98. The summed E-state index contributed by atoms with van der Waals surface area (Å²) in [6, 6.07) is 8.44. The average Bonchev–Trinajstić information content (AvgIpc) is 2.46. The van der Waals surface area contributed by atoms with Crippen LogP contribution in [0, 0.1) is 5.92 Å². The summed E-state index contributed by atoms with van der Waals surface area (Å²) in [6.07, 6.45) is 3.33. The van der Waals surface area contributed by atoms with E-state index in [-0.39, 0.29) is 0 Å². The molecule has 1 fully saturated rings. The number of piperidine rings is 1. The van der Waals surface area contributed by atoms with Crippen molar-refractivity contribution in [2.24, 2.45) is 5.92 Å². The Morgan fingerprint density at radius 3 is 2.50 bits per heavy atom. The average molecular weight is 296 g/mol. The zero-order chi connectivity index (χ0) is 14.5. The van der Waals surface area contributed by atoms with Gasteiger partial charge in [-0.3, -0.25) is 9.69 Å². The number of nitrogens with zero attached hydrogens (tertiary/aromatic N) is 1. The first kappa shape index (κ1) is 15.3. The highest BCUT2D eigenvalue weighted by molar-refractivity contribution is 6.30. The molecule has 1 heterocycles. The first-order chi connectivity index (χ1) is 9.56. The van der Waals surface area contributed by atoms with Gasteiger partial charge in [-0.05, 0) is 62.9 Å². The van der Waals surface area contributed by atoms with E-state index in [1.54, 1.807) is 0 Å². The first-order valence-corrected chi connectivity index (χ1v) is 7.65. The molecule has 1 aliphatic rings. The number of carboxylic acids is 1. The summed E-state index contributed by atoms with van der Waals surface area (Å²) < 4.78 is 0. The Kier molecular flexibility index (Phi) is 5.44. The highest BCUT2D eigenvalue weighted by Crippen LogP contribution is 2.29. The third-order valence-corrected chi connectivity index (χ3v) is 4.57. The molecular weight excluding hydrogens is 274 g/mol. The maximum absolute atomic E-state index is 10.6. The minimum atomic E-state index is -0.679. The normalized spacial score (nSPS) is 18.9. The Bertz CT molecular complexity index is 438. The molecule has 0 aromatic heterocycles. The van der Waals surface area contributed by atoms with E-state index in [4.69, 9.17) is 16.7 Å². The van der Waals surface area contributed by atoms with Crippen molar-refractivity contribution in [3.8, 4) is 0 Å². The van der Waals surface area contributed by atoms with Crippen molar-refractivity contribution in [1.29, 1.82) is 0 Å². The third-order valence-electron chi connectivity index (χ3n) is 4.32. The molecule has 1 N–H and O–H groups in total. The summed E-state index contributed by atoms with van der Waals surface area (Å²) >= 11 is 5.92. The third kappa shape index (κ3) is 4.22. The largest absolute Gasteiger partial charge is 0.481 e. The Balaban J connectivity index is 1.83. The number of benzene rings is 1. The second-order valence-electron chi connectivity index (χ2n) is 5.64. The number of carbonyl (C=O) groups is 1. The summed E-state index contributed by atoms with van der Waals surface area (Å²) in [6.45, 7) is 4.32. The fourth-order valence-electron chi connectivity index (χ4n) is 2.91. The number of rotatable bonds is 5. The zero-order valence-electron chi connectivity index (χ0n) is 11.9. The van der Waals surface area contributed by atoms with Crippen LogP contribution in [-0.4, -0.2) is 29.1 Å². The molecule has 1 unspecified atom stereocenters. The van der Waals surface area contributed by atoms with Crippen molar-refractivity contribution in [3.63, 3.8) is 0 Å². The van der Waals surface area contributed by atoms with Crippen LogP contribution in [0.5, 0.6) is 0 Å². The van der Waals surface area contributed by atoms with Crippen LogP contribution >= 0.6 is 11.6 Å². The van der Waals surface area contributed by atoms with Crippen LogP contribution in [0.2, 0.25) is 5.02 Å². The van der Waals surface area contributed by atoms with Gasteiger partial charge in [-0.15, -0.1) is 0 Å². The van der Waals surface area contributed by atoms with Gasteiger partial charge >= 0.3 is 5.97 Å². The van der Waals surface area contributed by atoms with Crippen molar-refractivity contribution in [2.75, 3.05) is 13.1 Å². The lowest BCUT2D eigenvalue weighted by atomic mass is 9.91. The quantitative estimate of drug-likeness (QED) is 0.893. The van der Waals surface area contributed by atoms with Crippen LogP contribution in [0.15, 0.2) is 24.3 Å². The van der Waals surface area contributed by atoms with Gasteiger partial charge in [-0.2, -0.15) is 0 Å². The lowest BCUT2D eigenvalue weighted by molar-refractivity contribution is -0.137. The van der Waals surface area contributed by atoms with Crippen molar-refractivity contribution in [1.82, 2.24) is 4.90 Å². The van der Waals surface area contributed by atoms with Gasteiger partial charge in [0.2, 0.25) is 0 Å². The fraction of sp³-hybridized carbons (Fsp3) is 0.562. The number of hydrogen-bond acceptors (Lipinski definition) is 2. The number of carboxylic acid groups (broad SMARTS) is 1. The maximum atomic E-state index is 10.6. The van der Waals surface area contributed by atoms with Gasteiger partial charge in [-0.1, -0.05) is 23.7 Å². The van der Waals surface area contributed by atoms with Gasteiger partial charge in [0, 0.05) is 17.5 Å². The molecule has 20 heavy (non-hydrogen) atoms. The van der Waals surface area contributed by atoms with Crippen molar-refractivity contribution < 1.29 is 9.90 Å². The second-order valence-corrected chi connectivity index (χ2v) is 6.08. The molecule has 0 bridgehead atoms. The Morgan fingerprint density at radius 2 is 1.95 bits per heavy atom. The van der Waals surface area contributed by atoms with Crippen LogP contribution in [0.25, 0.3) is 0 Å². The van der Waals surface area contributed by atoms with E-state index in [0.717, 1.165) is 37.4 Å². The molecule has 0 aliphatic carbocycles. The molecular formula is C16H22ClNO2. The van der Waals surface area contributed by atoms with Crippen LogP contribution in [0.4, 0.5) is 0 Å². The zero-order valence-corrected chi connectivity index (χ0v) is 12.6. The molecule has 0 spiro atoms. The monoisotopic (exact) mass is 295 g/mol. The second kappa shape index (κ2) is 7.09. The maximum Gasteiger partial charge on any atom is 0.303 e. The van der Waals surface area contributed by atoms with Gasteiger partial charge in [-0.25, -0.2) is 0 Å². The summed E-state index contributed by atoms with van der Waals surface area (Å²) in [7, 11) is 0. The van der Waals surface area contributed by atoms with Gasteiger partial charge < -0.3 is 5.11 Å². The first-order valence-electron chi connectivity index (χ1n) is 7.27. The lowest BCUT2D eigenvalue weighted by Crippen LogP contribution is -2.35. The van der Waals surface area contributed by atoms with E-state index in [9.17, 15) is 4.79 Å². The van der Waals surface area contributed by atoms with Crippen LogP contribution < -0.4 is 0 Å². The number of aliphatic carboxylic acids is 1. The predicted molar refractivity (Wildman–Crippen MR) is 81.0 cm³/mol. The molecule has 0 saturated carbocycles. The lowest BCUT2D eigenvalue weighted by Gasteiger charge is -2.36. The van der Waals surface area contributed by atoms with Gasteiger partial charge in [0.1, 0.15) is 0 Å². The van der Waals surface area contributed by atoms with Crippen LogP contribution in [0.1, 0.15) is 44.2 Å². The molecule has 1 aliphatic heterocycles. The van der Waals surface area contributed by atoms with E-state index < -0.39 is 5.97 Å². The Hall–Kier alpha value is -1.06. The van der Waals surface area contributed by atoms with Crippen molar-refractivity contribution >= 4 is 17.6 Å². The van der Waals surface area contributed by atoms with Crippen molar-refractivity contribution in [2.45, 2.75) is 38.6 Å². The molecule has 2 rings (SSSR count). The van der Waals surface area contributed by atoms with Crippen LogP contribution in [-0.2, 0) is 4.79 Å². The van der Waals surface area contributed by atoms with E-state index in [1.165, 1.54) is 5.56 Å². The topological polar surface area (TPSA) is 40.5 Å². The minimum Gasteiger partial charge on any atom is -0.481 e. The summed E-state index contributed by atoms with van der Waals surface area (Å²) in [5.74, 6) is -0.110. The number of likely N-dealkylation sites (tertiary alicyclic amines) is 1. The van der Waals surface area contributed by atoms with Crippen molar-refractivity contribution in [3.05, 3.63) is 34.9 Å². The van der Waals surface area contributed by atoms with Gasteiger partial charge in [0.15, 0.2) is 0 Å². The van der Waals surface area contributed by atoms with E-state index >= 15 is 0 Å². The smallest absolute Gasteiger partial charge is 0.303 e. The van der Waals surface area contributed by atoms with E-state index in [0.29, 0.717) is 18.4 Å². The van der Waals surface area contributed by atoms with Gasteiger partial charge in [0.25, 0.3) is 0 Å². The Labute approximate surface area is 125 Å². The number of halogens is 1. The highest BCUT2D eigenvalue weighted by atomic mass is 35.5. The minimum absolute atomic E-state index is 0.303. The molecule has 110 valence electrons. The standard InChI is InChI=1S/C16H22ClNO2/c1-12(14-3-5-15(17)6-4-14)18-10-8-13(9-11-18)2-7-16(19)20/h3-6,12-13H,2,7-11H2,1H3,(H,19,20). The molecule has 4 heteroatoms. The molecule has 1 aromatic rings.